The van der Waals surface area contributed by atoms with Crippen LogP contribution in [0.15, 0.2) is 53.9 Å². The van der Waals surface area contributed by atoms with E-state index in [0.29, 0.717) is 78.9 Å². The number of carbonyl (C=O) groups is 2. The van der Waals surface area contributed by atoms with Crippen molar-refractivity contribution in [3.05, 3.63) is 71.4 Å². The van der Waals surface area contributed by atoms with Crippen LogP contribution in [0, 0.1) is 5.82 Å². The van der Waals surface area contributed by atoms with Crippen molar-refractivity contribution in [1.82, 2.24) is 19.5 Å². The lowest BCUT2D eigenvalue weighted by molar-refractivity contribution is -0.141. The fourth-order valence-electron chi connectivity index (χ4n) is 4.70. The van der Waals surface area contributed by atoms with Crippen LogP contribution in [0.25, 0.3) is 16.6 Å². The summed E-state index contributed by atoms with van der Waals surface area (Å²) in [5, 5.41) is 12.8. The molecule has 1 saturated heterocycles. The number of hydrogen-bond acceptors (Lipinski definition) is 9. The van der Waals surface area contributed by atoms with E-state index >= 15 is 0 Å². The molecule has 0 spiro atoms. The fourth-order valence-corrected chi connectivity index (χ4v) is 4.70. The number of nitrogens with one attached hydrogen (secondary N) is 2. The molecule has 2 aromatic carbocycles. The van der Waals surface area contributed by atoms with Crippen molar-refractivity contribution in [2.24, 2.45) is 5.16 Å². The van der Waals surface area contributed by atoms with Crippen LogP contribution in [0.2, 0.25) is 0 Å². The molecule has 44 heavy (non-hydrogen) atoms. The Morgan fingerprint density at radius 3 is 2.55 bits per heavy atom. The van der Waals surface area contributed by atoms with E-state index in [1.54, 1.807) is 16.6 Å². The Morgan fingerprint density at radius 1 is 1.14 bits per heavy atom. The third kappa shape index (κ3) is 6.76. The Hall–Kier alpha value is -5.09. The third-order valence-corrected chi connectivity index (χ3v) is 6.70. The van der Waals surface area contributed by atoms with Gasteiger partial charge in [-0.2, -0.15) is 18.3 Å². The minimum atomic E-state index is -4.71. The standard InChI is InChI=1S/C28H26F4N8O4/c1-16(41)44-36-13-20-23(14-39-8-10-43-11-9-39)40-25(26(33)34-15-35-40)24(20)17-2-5-19(6-3-17)37-27(42)38-22-12-18(28(30,31)32)4-7-21(22)29/h2-7,12-13,15H,8-11,14H2,1H3,(H2,33,34,35)(H2,37,38,42). The number of amides is 2. The number of halogens is 4. The van der Waals surface area contributed by atoms with Gasteiger partial charge >= 0.3 is 18.2 Å². The highest BCUT2D eigenvalue weighted by molar-refractivity contribution is 6.03. The summed E-state index contributed by atoms with van der Waals surface area (Å²) >= 11 is 0. The maximum absolute atomic E-state index is 14.1. The van der Waals surface area contributed by atoms with Crippen molar-refractivity contribution in [1.29, 1.82) is 0 Å². The van der Waals surface area contributed by atoms with Crippen LogP contribution < -0.4 is 16.4 Å². The van der Waals surface area contributed by atoms with Crippen molar-refractivity contribution >= 4 is 40.9 Å². The Labute approximate surface area is 247 Å². The topological polar surface area (TPSA) is 148 Å². The molecule has 2 aromatic heterocycles. The molecule has 0 saturated carbocycles. The first kappa shape index (κ1) is 30.4. The van der Waals surface area contributed by atoms with E-state index in [4.69, 9.17) is 15.3 Å². The fraction of sp³-hybridized carbons (Fsp3) is 0.250. The Bertz CT molecular complexity index is 1720. The zero-order chi connectivity index (χ0) is 31.4. The summed E-state index contributed by atoms with van der Waals surface area (Å²) in [5.41, 5.74) is 7.74. The second-order valence-electron chi connectivity index (χ2n) is 9.70. The third-order valence-electron chi connectivity index (χ3n) is 6.70. The molecule has 4 N–H and O–H groups in total. The highest BCUT2D eigenvalue weighted by Crippen LogP contribution is 2.36. The number of nitrogens with two attached hydrogens (primary N) is 1. The molecular formula is C28H26F4N8O4. The Balaban J connectivity index is 1.47. The smallest absolute Gasteiger partial charge is 0.382 e. The summed E-state index contributed by atoms with van der Waals surface area (Å²) in [6.45, 7) is 4.14. The molecule has 0 bridgehead atoms. The SMILES string of the molecule is CC(=O)ON=Cc1c(-c2ccc(NC(=O)Nc3cc(C(F)(F)F)ccc3F)cc2)c2c(N)ncnn2c1CN1CCOCC1. The van der Waals surface area contributed by atoms with Crippen LogP contribution in [0.5, 0.6) is 0 Å². The number of nitrogens with zero attached hydrogens (tertiary/aromatic N) is 5. The van der Waals surface area contributed by atoms with Crippen LogP contribution in [0.3, 0.4) is 0 Å². The lowest BCUT2D eigenvalue weighted by Gasteiger charge is -2.26. The first-order valence-electron chi connectivity index (χ1n) is 13.2. The van der Waals surface area contributed by atoms with Crippen molar-refractivity contribution in [2.45, 2.75) is 19.6 Å². The van der Waals surface area contributed by atoms with Gasteiger partial charge in [-0.25, -0.2) is 23.5 Å². The summed E-state index contributed by atoms with van der Waals surface area (Å²) in [7, 11) is 0. The van der Waals surface area contributed by atoms with Crippen molar-refractivity contribution in [3.8, 4) is 11.1 Å². The number of benzene rings is 2. The molecular weight excluding hydrogens is 588 g/mol. The number of alkyl halides is 3. The summed E-state index contributed by atoms with van der Waals surface area (Å²) < 4.78 is 60.3. The zero-order valence-corrected chi connectivity index (χ0v) is 23.2. The Morgan fingerprint density at radius 2 is 1.86 bits per heavy atom. The second kappa shape index (κ2) is 12.6. The zero-order valence-electron chi connectivity index (χ0n) is 23.2. The number of rotatable bonds is 7. The molecule has 5 rings (SSSR count). The number of carbonyl (C=O) groups excluding carboxylic acids is 2. The second-order valence-corrected chi connectivity index (χ2v) is 9.70. The van der Waals surface area contributed by atoms with Gasteiger partial charge in [0, 0.05) is 43.4 Å². The average molecular weight is 615 g/mol. The number of aromatic nitrogens is 3. The normalized spacial score (nSPS) is 14.2. The van der Waals surface area contributed by atoms with E-state index in [2.05, 4.69) is 30.8 Å². The molecule has 1 fully saturated rings. The number of nitrogen functional groups attached to an aromatic ring is 1. The lowest BCUT2D eigenvalue weighted by Crippen LogP contribution is -2.36. The molecule has 0 radical (unpaired) electrons. The summed E-state index contributed by atoms with van der Waals surface area (Å²) in [5.74, 6) is -1.46. The first-order valence-corrected chi connectivity index (χ1v) is 13.2. The van der Waals surface area contributed by atoms with E-state index in [-0.39, 0.29) is 11.5 Å². The quantitative estimate of drug-likeness (QED) is 0.119. The summed E-state index contributed by atoms with van der Waals surface area (Å²) in [6, 6.07) is 7.15. The predicted molar refractivity (Wildman–Crippen MR) is 152 cm³/mol. The molecule has 1 aliphatic rings. The number of ether oxygens (including phenoxy) is 1. The number of hydrogen-bond donors (Lipinski definition) is 3. The van der Waals surface area contributed by atoms with Gasteiger partial charge in [-0.3, -0.25) is 4.90 Å². The molecule has 12 nitrogen and oxygen atoms in total. The molecule has 4 aromatic rings. The van der Waals surface area contributed by atoms with E-state index in [1.807, 2.05) is 0 Å². The number of urea groups is 1. The highest BCUT2D eigenvalue weighted by Gasteiger charge is 2.31. The maximum Gasteiger partial charge on any atom is 0.416 e. The molecule has 16 heteroatoms. The maximum atomic E-state index is 14.1. The van der Waals surface area contributed by atoms with Gasteiger partial charge in [0.1, 0.15) is 17.7 Å². The van der Waals surface area contributed by atoms with Gasteiger partial charge in [0.25, 0.3) is 0 Å². The average Bonchev–Trinajstić information content (AvgIpc) is 3.28. The van der Waals surface area contributed by atoms with Crippen molar-refractivity contribution in [2.75, 3.05) is 42.7 Å². The van der Waals surface area contributed by atoms with Gasteiger partial charge in [0.15, 0.2) is 5.82 Å². The van der Waals surface area contributed by atoms with E-state index in [1.165, 1.54) is 31.6 Å². The van der Waals surface area contributed by atoms with Crippen LogP contribution in [-0.4, -0.2) is 64.0 Å². The predicted octanol–water partition coefficient (Wildman–Crippen LogP) is 4.51. The van der Waals surface area contributed by atoms with E-state index in [0.717, 1.165) is 0 Å². The highest BCUT2D eigenvalue weighted by atomic mass is 19.4. The minimum absolute atomic E-state index is 0.176. The molecule has 2 amide bonds. The van der Waals surface area contributed by atoms with Crippen LogP contribution in [0.4, 0.5) is 39.5 Å². The Kier molecular flexibility index (Phi) is 8.73. The molecule has 0 unspecified atom stereocenters. The molecule has 1 aliphatic heterocycles. The van der Waals surface area contributed by atoms with Gasteiger partial charge in [-0.15, -0.1) is 0 Å². The van der Waals surface area contributed by atoms with Crippen molar-refractivity contribution < 1.29 is 36.7 Å². The van der Waals surface area contributed by atoms with Gasteiger partial charge in [0.05, 0.1) is 36.4 Å². The number of anilines is 3. The first-order chi connectivity index (χ1) is 21.0. The van der Waals surface area contributed by atoms with Gasteiger partial charge in [0.2, 0.25) is 0 Å². The van der Waals surface area contributed by atoms with Crippen LogP contribution in [-0.2, 0) is 27.1 Å². The number of morpholine rings is 1. The van der Waals surface area contributed by atoms with Crippen LogP contribution in [0.1, 0.15) is 23.7 Å². The number of fused-ring (bicyclic) bond motifs is 1. The monoisotopic (exact) mass is 614 g/mol. The molecule has 230 valence electrons. The number of oxime groups is 1. The largest absolute Gasteiger partial charge is 0.416 e. The summed E-state index contributed by atoms with van der Waals surface area (Å²) in [6.07, 6.45) is -2.00. The van der Waals surface area contributed by atoms with E-state index < -0.39 is 35.2 Å². The molecule has 0 aliphatic carbocycles. The molecule has 0 atom stereocenters. The van der Waals surface area contributed by atoms with Crippen molar-refractivity contribution in [3.63, 3.8) is 0 Å². The minimum Gasteiger partial charge on any atom is -0.382 e. The van der Waals surface area contributed by atoms with E-state index in [9.17, 15) is 27.2 Å². The van der Waals surface area contributed by atoms with Gasteiger partial charge < -0.3 is 25.9 Å². The summed E-state index contributed by atoms with van der Waals surface area (Å²) in [4.78, 5) is 35.1. The van der Waals surface area contributed by atoms with Gasteiger partial charge in [-0.1, -0.05) is 17.3 Å². The lowest BCUT2D eigenvalue weighted by atomic mass is 10.0. The van der Waals surface area contributed by atoms with Crippen LogP contribution >= 0.6 is 0 Å². The molecule has 3 heterocycles. The van der Waals surface area contributed by atoms with Gasteiger partial charge in [-0.05, 0) is 35.9 Å².